The van der Waals surface area contributed by atoms with Gasteiger partial charge in [0.15, 0.2) is 0 Å². The third-order valence-electron chi connectivity index (χ3n) is 6.11. The van der Waals surface area contributed by atoms with Crippen LogP contribution in [0.1, 0.15) is 25.0 Å². The van der Waals surface area contributed by atoms with E-state index in [1.165, 1.54) is 32.2 Å². The summed E-state index contributed by atoms with van der Waals surface area (Å²) in [5.74, 6) is 0.190. The lowest BCUT2D eigenvalue weighted by Crippen LogP contribution is -2.47. The molecule has 4 nitrogen and oxygen atoms in total. The number of halogens is 1. The molecular weight excluding hydrogens is 390 g/mol. The summed E-state index contributed by atoms with van der Waals surface area (Å²) < 4.78 is 3.40. The van der Waals surface area contributed by atoms with Crippen LogP contribution in [-0.2, 0) is 18.3 Å². The monoisotopic (exact) mass is 415 g/mol. The Morgan fingerprint density at radius 2 is 2.00 bits per heavy atom. The van der Waals surface area contributed by atoms with Crippen molar-refractivity contribution in [3.63, 3.8) is 0 Å². The van der Waals surface area contributed by atoms with Crippen LogP contribution < -0.4 is 0 Å². The van der Waals surface area contributed by atoms with E-state index in [9.17, 15) is 4.79 Å². The number of rotatable bonds is 3. The molecule has 1 amide bonds. The molecule has 1 aromatic carbocycles. The van der Waals surface area contributed by atoms with Crippen LogP contribution in [0.25, 0.3) is 16.5 Å². The van der Waals surface area contributed by atoms with Gasteiger partial charge in [-0.15, -0.1) is 0 Å². The number of nitrogens with zero attached hydrogens (tertiary/aromatic N) is 3. The van der Waals surface area contributed by atoms with Crippen LogP contribution in [0, 0.1) is 5.92 Å². The van der Waals surface area contributed by atoms with E-state index >= 15 is 0 Å². The molecule has 0 unspecified atom stereocenters. The summed E-state index contributed by atoms with van der Waals surface area (Å²) in [7, 11) is 4.27. The van der Waals surface area contributed by atoms with Gasteiger partial charge < -0.3 is 9.47 Å². The largest absolute Gasteiger partial charge is 0.343 e. The maximum atomic E-state index is 13.0. The number of carbonyl (C=O) groups excluding carboxylic acids is 1. The highest BCUT2D eigenvalue weighted by Gasteiger charge is 2.37. The quantitative estimate of drug-likeness (QED) is 0.764. The van der Waals surface area contributed by atoms with Gasteiger partial charge in [-0.1, -0.05) is 18.2 Å². The molecule has 0 saturated carbocycles. The van der Waals surface area contributed by atoms with E-state index in [1.807, 2.05) is 4.90 Å². The van der Waals surface area contributed by atoms with Crippen molar-refractivity contribution in [2.45, 2.75) is 26.3 Å². The van der Waals surface area contributed by atoms with Crippen molar-refractivity contribution in [2.75, 3.05) is 26.7 Å². The van der Waals surface area contributed by atoms with E-state index < -0.39 is 0 Å². The van der Waals surface area contributed by atoms with E-state index in [2.05, 4.69) is 77.6 Å². The van der Waals surface area contributed by atoms with E-state index in [-0.39, 0.29) is 11.8 Å². The summed E-state index contributed by atoms with van der Waals surface area (Å²) in [5.41, 5.74) is 5.25. The molecule has 0 fully saturated rings. The normalized spacial score (nSPS) is 22.3. The highest BCUT2D eigenvalue weighted by Crippen LogP contribution is 2.44. The van der Waals surface area contributed by atoms with Gasteiger partial charge in [0.25, 0.3) is 0 Å². The van der Waals surface area contributed by atoms with E-state index in [0.717, 1.165) is 26.1 Å². The predicted octanol–water partition coefficient (Wildman–Crippen LogP) is 3.68. The standard InChI is InChI=1S/C21H26BrN3O/c1-5-25(6-2)21(26)13-10-15-14-8-7-9-17-19(14)16(20(22)24(17)4)11-18(15)23(3)12-13/h7-10,13,18H,5-6,11-12H2,1-4H3/t13-,18-/m1/s1. The van der Waals surface area contributed by atoms with E-state index in [0.29, 0.717) is 6.04 Å². The second-order valence-corrected chi connectivity index (χ2v) is 8.18. The molecule has 0 bridgehead atoms. The van der Waals surface area contributed by atoms with Gasteiger partial charge >= 0.3 is 0 Å². The zero-order valence-electron chi connectivity index (χ0n) is 15.9. The fourth-order valence-corrected chi connectivity index (χ4v) is 5.23. The Balaban J connectivity index is 1.86. The highest BCUT2D eigenvalue weighted by atomic mass is 79.9. The Morgan fingerprint density at radius 3 is 2.69 bits per heavy atom. The van der Waals surface area contributed by atoms with Crippen molar-refractivity contribution < 1.29 is 4.79 Å². The average molecular weight is 416 g/mol. The van der Waals surface area contributed by atoms with Crippen molar-refractivity contribution in [3.05, 3.63) is 40.0 Å². The minimum absolute atomic E-state index is 0.0601. The molecule has 2 atom stereocenters. The van der Waals surface area contributed by atoms with Crippen LogP contribution in [0.5, 0.6) is 0 Å². The van der Waals surface area contributed by atoms with Crippen LogP contribution in [0.4, 0.5) is 0 Å². The highest BCUT2D eigenvalue weighted by molar-refractivity contribution is 9.10. The molecule has 4 rings (SSSR count). The van der Waals surface area contributed by atoms with Gasteiger partial charge in [-0.3, -0.25) is 9.69 Å². The summed E-state index contributed by atoms with van der Waals surface area (Å²) in [5, 5.41) is 1.34. The zero-order valence-corrected chi connectivity index (χ0v) is 17.5. The summed E-state index contributed by atoms with van der Waals surface area (Å²) in [6.07, 6.45) is 3.24. The molecule has 2 aliphatic rings. The molecule has 2 aromatic rings. The summed E-state index contributed by atoms with van der Waals surface area (Å²) >= 11 is 3.80. The SMILES string of the molecule is CCN(CC)C(=O)[C@@H]1C=C2c3cccc4c3c(c(Br)n4C)C[C@H]2N(C)C1. The number of hydrogen-bond donors (Lipinski definition) is 0. The van der Waals surface area contributed by atoms with Crippen molar-refractivity contribution in [1.29, 1.82) is 0 Å². The molecule has 0 spiro atoms. The lowest BCUT2D eigenvalue weighted by atomic mass is 9.79. The second-order valence-electron chi connectivity index (χ2n) is 7.43. The van der Waals surface area contributed by atoms with Crippen LogP contribution in [0.2, 0.25) is 0 Å². The van der Waals surface area contributed by atoms with Gasteiger partial charge in [0, 0.05) is 43.6 Å². The van der Waals surface area contributed by atoms with Gasteiger partial charge in [-0.05, 0) is 66.0 Å². The lowest BCUT2D eigenvalue weighted by molar-refractivity contribution is -0.134. The van der Waals surface area contributed by atoms with Gasteiger partial charge in [-0.25, -0.2) is 0 Å². The first-order valence-electron chi connectivity index (χ1n) is 9.44. The Morgan fingerprint density at radius 1 is 1.27 bits per heavy atom. The minimum Gasteiger partial charge on any atom is -0.343 e. The number of fused-ring (bicyclic) bond motifs is 2. The molecule has 0 N–H and O–H groups in total. The number of aryl methyl sites for hydroxylation is 1. The van der Waals surface area contributed by atoms with Crippen molar-refractivity contribution >= 4 is 38.3 Å². The predicted molar refractivity (Wildman–Crippen MR) is 110 cm³/mol. The molecule has 1 aliphatic heterocycles. The van der Waals surface area contributed by atoms with Crippen LogP contribution in [0.3, 0.4) is 0 Å². The topological polar surface area (TPSA) is 28.5 Å². The average Bonchev–Trinajstić information content (AvgIpc) is 2.89. The Labute approximate surface area is 163 Å². The Kier molecular flexibility index (Phi) is 4.48. The minimum atomic E-state index is -0.0601. The van der Waals surface area contributed by atoms with E-state index in [1.54, 1.807) is 0 Å². The van der Waals surface area contributed by atoms with Gasteiger partial charge in [-0.2, -0.15) is 0 Å². The fourth-order valence-electron chi connectivity index (χ4n) is 4.68. The van der Waals surface area contributed by atoms with E-state index in [4.69, 9.17) is 0 Å². The van der Waals surface area contributed by atoms with Crippen molar-refractivity contribution in [3.8, 4) is 0 Å². The molecule has 1 aliphatic carbocycles. The van der Waals surface area contributed by atoms with Crippen LogP contribution in [0.15, 0.2) is 28.9 Å². The molecule has 5 heteroatoms. The number of likely N-dealkylation sites (N-methyl/N-ethyl adjacent to an activating group) is 1. The Bertz CT molecular complexity index is 910. The summed E-state index contributed by atoms with van der Waals surface area (Å²) in [6, 6.07) is 6.87. The van der Waals surface area contributed by atoms with Crippen molar-refractivity contribution in [2.24, 2.45) is 13.0 Å². The van der Waals surface area contributed by atoms with Gasteiger partial charge in [0.1, 0.15) is 0 Å². The maximum Gasteiger partial charge on any atom is 0.230 e. The van der Waals surface area contributed by atoms with Crippen LogP contribution in [-0.4, -0.2) is 53.0 Å². The molecule has 0 saturated heterocycles. The maximum absolute atomic E-state index is 13.0. The molecule has 138 valence electrons. The number of carbonyl (C=O) groups is 1. The fraction of sp³-hybridized carbons (Fsp3) is 0.476. The summed E-state index contributed by atoms with van der Waals surface area (Å²) in [4.78, 5) is 17.3. The number of benzene rings is 1. The number of aromatic nitrogens is 1. The smallest absolute Gasteiger partial charge is 0.230 e. The van der Waals surface area contributed by atoms with Gasteiger partial charge in [0.2, 0.25) is 5.91 Å². The van der Waals surface area contributed by atoms with Gasteiger partial charge in [0.05, 0.1) is 10.5 Å². The second kappa shape index (κ2) is 6.54. The first-order valence-corrected chi connectivity index (χ1v) is 10.2. The lowest BCUT2D eigenvalue weighted by Gasteiger charge is -2.40. The first-order chi connectivity index (χ1) is 12.5. The third kappa shape index (κ3) is 2.48. The molecule has 2 heterocycles. The zero-order chi connectivity index (χ0) is 18.6. The number of hydrogen-bond acceptors (Lipinski definition) is 2. The Hall–Kier alpha value is -1.59. The third-order valence-corrected chi connectivity index (χ3v) is 7.12. The number of amides is 1. The molecule has 26 heavy (non-hydrogen) atoms. The molecule has 0 radical (unpaired) electrons. The first kappa shape index (κ1) is 17.8. The van der Waals surface area contributed by atoms with Crippen LogP contribution >= 0.6 is 15.9 Å². The molecular formula is C21H26BrN3O. The van der Waals surface area contributed by atoms with Crippen molar-refractivity contribution in [1.82, 2.24) is 14.4 Å². The molecule has 1 aromatic heterocycles. The summed E-state index contributed by atoms with van der Waals surface area (Å²) in [6.45, 7) is 6.44.